The molecule has 0 N–H and O–H groups in total. The van der Waals surface area contributed by atoms with E-state index in [0.717, 1.165) is 12.8 Å². The summed E-state index contributed by atoms with van der Waals surface area (Å²) in [6, 6.07) is 1.71. The summed E-state index contributed by atoms with van der Waals surface area (Å²) in [6.45, 7) is 6.43. The van der Waals surface area contributed by atoms with Crippen molar-refractivity contribution in [3.63, 3.8) is 0 Å². The molecule has 104 valence electrons. The van der Waals surface area contributed by atoms with Gasteiger partial charge in [0.2, 0.25) is 0 Å². The third-order valence-corrected chi connectivity index (χ3v) is 3.71. The maximum atomic E-state index is 11.1. The first-order valence-corrected chi connectivity index (χ1v) is 6.72. The summed E-state index contributed by atoms with van der Waals surface area (Å²) >= 11 is 0. The molecule has 1 fully saturated rings. The summed E-state index contributed by atoms with van der Waals surface area (Å²) in [5, 5.41) is 11.1. The summed E-state index contributed by atoms with van der Waals surface area (Å²) < 4.78 is 6.06. The molecule has 0 radical (unpaired) electrons. The number of rotatable bonds is 3. The highest BCUT2D eigenvalue weighted by Crippen LogP contribution is 2.39. The molecule has 0 saturated carbocycles. The number of aromatic nitrogens is 1. The molecule has 1 aromatic heterocycles. The molecule has 5 nitrogen and oxygen atoms in total. The largest absolute Gasteiger partial charge is 0.370 e. The molecule has 1 aromatic rings. The Bertz CT molecular complexity index is 462. The van der Waals surface area contributed by atoms with Gasteiger partial charge in [0.15, 0.2) is 0 Å². The summed E-state index contributed by atoms with van der Waals surface area (Å²) in [6.07, 6.45) is 4.72. The minimum absolute atomic E-state index is 0.0594. The van der Waals surface area contributed by atoms with E-state index in [2.05, 4.69) is 25.8 Å². The van der Waals surface area contributed by atoms with Gasteiger partial charge in [-0.05, 0) is 30.7 Å². The molecule has 2 rings (SSSR count). The van der Waals surface area contributed by atoms with Crippen molar-refractivity contribution in [2.45, 2.75) is 45.8 Å². The number of hydrogen-bond acceptors (Lipinski definition) is 4. The minimum atomic E-state index is -0.380. The molecule has 1 aliphatic rings. The zero-order chi connectivity index (χ0) is 14.0. The van der Waals surface area contributed by atoms with E-state index in [9.17, 15) is 10.1 Å². The molecule has 2 heterocycles. The zero-order valence-electron chi connectivity index (χ0n) is 11.6. The highest BCUT2D eigenvalue weighted by atomic mass is 16.6. The third kappa shape index (κ3) is 3.10. The molecule has 1 saturated heterocycles. The van der Waals surface area contributed by atoms with Crippen molar-refractivity contribution in [1.82, 2.24) is 4.98 Å². The molecule has 0 aromatic carbocycles. The van der Waals surface area contributed by atoms with Crippen LogP contribution in [-0.4, -0.2) is 16.0 Å². The minimum Gasteiger partial charge on any atom is -0.370 e. The Kier molecular flexibility index (Phi) is 4.14. The fourth-order valence-corrected chi connectivity index (χ4v) is 2.63. The van der Waals surface area contributed by atoms with Crippen molar-refractivity contribution in [3.8, 4) is 0 Å². The first kappa shape index (κ1) is 13.9. The van der Waals surface area contributed by atoms with E-state index in [0.29, 0.717) is 17.4 Å². The van der Waals surface area contributed by atoms with Gasteiger partial charge in [0.05, 0.1) is 22.7 Å². The Morgan fingerprint density at radius 3 is 2.84 bits per heavy atom. The molecule has 1 aliphatic heterocycles. The van der Waals surface area contributed by atoms with Crippen molar-refractivity contribution in [3.05, 3.63) is 34.1 Å². The molecule has 0 aliphatic carbocycles. The van der Waals surface area contributed by atoms with Crippen molar-refractivity contribution in [2.24, 2.45) is 11.8 Å². The Morgan fingerprint density at radius 2 is 2.21 bits per heavy atom. The summed E-state index contributed by atoms with van der Waals surface area (Å²) in [5.41, 5.74) is 0.710. The lowest BCUT2D eigenvalue weighted by Gasteiger charge is -2.36. The monoisotopic (exact) mass is 264 g/mol. The Labute approximate surface area is 113 Å². The maximum absolute atomic E-state index is 11.1. The average Bonchev–Trinajstić information content (AvgIpc) is 2.37. The van der Waals surface area contributed by atoms with Crippen LogP contribution in [0.1, 0.15) is 45.3 Å². The van der Waals surface area contributed by atoms with E-state index in [1.807, 2.05) is 0 Å². The average molecular weight is 264 g/mol. The molecule has 0 unspecified atom stereocenters. The first-order chi connectivity index (χ1) is 8.99. The smallest absolute Gasteiger partial charge is 0.293 e. The molecule has 5 heteroatoms. The van der Waals surface area contributed by atoms with Crippen LogP contribution in [-0.2, 0) is 4.74 Å². The molecular formula is C14H20N2O3. The number of hydrogen-bond donors (Lipinski definition) is 0. The normalized spacial score (nSPS) is 27.5. The SMILES string of the molecule is CC(C)[C@@H]1C[C@H](C)C[C@H](c2ccncc2[N+](=O)[O-])O1. The first-order valence-electron chi connectivity index (χ1n) is 6.72. The molecule has 3 atom stereocenters. The van der Waals surface area contributed by atoms with Gasteiger partial charge in [0.25, 0.3) is 5.69 Å². The Morgan fingerprint density at radius 1 is 1.47 bits per heavy atom. The standard InChI is InChI=1S/C14H20N2O3/c1-9(2)13-6-10(3)7-14(19-13)11-4-5-15-8-12(11)16(17)18/h4-5,8-10,13-14H,6-7H2,1-3H3/t10-,13-,14+/m0/s1. The zero-order valence-corrected chi connectivity index (χ0v) is 11.6. The van der Waals surface area contributed by atoms with Crippen LogP contribution in [0.2, 0.25) is 0 Å². The summed E-state index contributed by atoms with van der Waals surface area (Å²) in [4.78, 5) is 14.5. The third-order valence-electron chi connectivity index (χ3n) is 3.71. The van der Waals surface area contributed by atoms with E-state index in [4.69, 9.17) is 4.74 Å². The second-order valence-corrected chi connectivity index (χ2v) is 5.68. The Balaban J connectivity index is 2.28. The number of pyridine rings is 1. The predicted octanol–water partition coefficient (Wildman–Crippen LogP) is 3.50. The van der Waals surface area contributed by atoms with E-state index in [1.165, 1.54) is 6.20 Å². The fourth-order valence-electron chi connectivity index (χ4n) is 2.63. The lowest BCUT2D eigenvalue weighted by Crippen LogP contribution is -2.31. The summed E-state index contributed by atoms with van der Waals surface area (Å²) in [7, 11) is 0. The maximum Gasteiger partial charge on any atom is 0.293 e. The van der Waals surface area contributed by atoms with E-state index >= 15 is 0 Å². The van der Waals surface area contributed by atoms with Crippen LogP contribution < -0.4 is 0 Å². The van der Waals surface area contributed by atoms with E-state index in [1.54, 1.807) is 12.3 Å². The molecule has 19 heavy (non-hydrogen) atoms. The lowest BCUT2D eigenvalue weighted by atomic mass is 9.86. The van der Waals surface area contributed by atoms with Gasteiger partial charge in [-0.3, -0.25) is 15.1 Å². The predicted molar refractivity (Wildman–Crippen MR) is 71.7 cm³/mol. The number of nitro groups is 1. The van der Waals surface area contributed by atoms with Gasteiger partial charge in [0, 0.05) is 6.20 Å². The van der Waals surface area contributed by atoms with Crippen LogP contribution >= 0.6 is 0 Å². The molecule has 0 bridgehead atoms. The second kappa shape index (κ2) is 5.65. The van der Waals surface area contributed by atoms with Crippen molar-refractivity contribution in [2.75, 3.05) is 0 Å². The van der Waals surface area contributed by atoms with Gasteiger partial charge in [0.1, 0.15) is 6.20 Å². The molecule has 0 amide bonds. The number of nitrogens with zero attached hydrogens (tertiary/aromatic N) is 2. The molecular weight excluding hydrogens is 244 g/mol. The van der Waals surface area contributed by atoms with Gasteiger partial charge >= 0.3 is 0 Å². The van der Waals surface area contributed by atoms with Gasteiger partial charge in [-0.15, -0.1) is 0 Å². The topological polar surface area (TPSA) is 65.3 Å². The second-order valence-electron chi connectivity index (χ2n) is 5.68. The molecule has 0 spiro atoms. The van der Waals surface area contributed by atoms with E-state index < -0.39 is 0 Å². The van der Waals surface area contributed by atoms with Crippen molar-refractivity contribution >= 4 is 5.69 Å². The lowest BCUT2D eigenvalue weighted by molar-refractivity contribution is -0.386. The van der Waals surface area contributed by atoms with Gasteiger partial charge < -0.3 is 4.74 Å². The van der Waals surface area contributed by atoms with E-state index in [-0.39, 0.29) is 22.8 Å². The van der Waals surface area contributed by atoms with Crippen LogP contribution in [0.4, 0.5) is 5.69 Å². The van der Waals surface area contributed by atoms with Gasteiger partial charge in [-0.25, -0.2) is 0 Å². The van der Waals surface area contributed by atoms with Crippen LogP contribution in [0, 0.1) is 22.0 Å². The van der Waals surface area contributed by atoms with Crippen LogP contribution in [0.25, 0.3) is 0 Å². The van der Waals surface area contributed by atoms with Crippen LogP contribution in [0.15, 0.2) is 18.5 Å². The summed E-state index contributed by atoms with van der Waals surface area (Å²) in [5.74, 6) is 0.935. The van der Waals surface area contributed by atoms with Gasteiger partial charge in [-0.1, -0.05) is 20.8 Å². The van der Waals surface area contributed by atoms with Crippen molar-refractivity contribution in [1.29, 1.82) is 0 Å². The van der Waals surface area contributed by atoms with Crippen LogP contribution in [0.5, 0.6) is 0 Å². The van der Waals surface area contributed by atoms with Gasteiger partial charge in [-0.2, -0.15) is 0 Å². The fraction of sp³-hybridized carbons (Fsp3) is 0.643. The quantitative estimate of drug-likeness (QED) is 0.619. The Hall–Kier alpha value is -1.49. The van der Waals surface area contributed by atoms with Crippen LogP contribution in [0.3, 0.4) is 0 Å². The number of ether oxygens (including phenoxy) is 1. The van der Waals surface area contributed by atoms with Crippen molar-refractivity contribution < 1.29 is 9.66 Å². The highest BCUT2D eigenvalue weighted by molar-refractivity contribution is 5.38. The highest BCUT2D eigenvalue weighted by Gasteiger charge is 2.33.